The maximum absolute atomic E-state index is 12.2. The Hall–Kier alpha value is -2.60. The molecule has 2 heterocycles. The third-order valence-electron chi connectivity index (χ3n) is 4.30. The van der Waals surface area contributed by atoms with Crippen LogP contribution in [0.1, 0.15) is 27.9 Å². The second-order valence-corrected chi connectivity index (χ2v) is 6.13. The predicted molar refractivity (Wildman–Crippen MR) is 94.9 cm³/mol. The number of amides is 1. The molecule has 3 rings (SSSR count). The van der Waals surface area contributed by atoms with Crippen molar-refractivity contribution < 1.29 is 9.59 Å². The van der Waals surface area contributed by atoms with Gasteiger partial charge >= 0.3 is 0 Å². The molecule has 0 spiro atoms. The highest BCUT2D eigenvalue weighted by molar-refractivity contribution is 6.04. The Kier molecular flexibility index (Phi) is 4.66. The third-order valence-corrected chi connectivity index (χ3v) is 4.30. The van der Waals surface area contributed by atoms with Crippen LogP contribution < -0.4 is 10.2 Å². The topological polar surface area (TPSA) is 68.4 Å². The first-order chi connectivity index (χ1) is 11.5. The van der Waals surface area contributed by atoms with E-state index >= 15 is 0 Å². The van der Waals surface area contributed by atoms with E-state index in [1.54, 1.807) is 12.1 Å². The molecule has 0 radical (unpaired) electrons. The summed E-state index contributed by atoms with van der Waals surface area (Å²) >= 11 is 0. The van der Waals surface area contributed by atoms with Crippen LogP contribution in [0.5, 0.6) is 0 Å². The lowest BCUT2D eigenvalue weighted by Gasteiger charge is -2.34. The van der Waals surface area contributed by atoms with Gasteiger partial charge in [-0.2, -0.15) is 0 Å². The molecule has 24 heavy (non-hydrogen) atoms. The number of H-pyrrole nitrogens is 1. The number of hydrogen-bond donors (Lipinski definition) is 2. The molecule has 1 aromatic carbocycles. The number of carbonyl (C=O) groups is 2. The van der Waals surface area contributed by atoms with E-state index in [1.807, 2.05) is 24.3 Å². The van der Waals surface area contributed by atoms with E-state index < -0.39 is 0 Å². The van der Waals surface area contributed by atoms with Crippen molar-refractivity contribution >= 4 is 23.1 Å². The molecule has 6 nitrogen and oxygen atoms in total. The fourth-order valence-corrected chi connectivity index (χ4v) is 2.75. The van der Waals surface area contributed by atoms with Crippen LogP contribution in [0.15, 0.2) is 36.4 Å². The van der Waals surface area contributed by atoms with E-state index in [2.05, 4.69) is 27.1 Å². The van der Waals surface area contributed by atoms with E-state index in [4.69, 9.17) is 0 Å². The van der Waals surface area contributed by atoms with Gasteiger partial charge < -0.3 is 20.1 Å². The predicted octanol–water partition coefficient (Wildman–Crippen LogP) is 2.22. The number of nitrogens with one attached hydrogen (secondary N) is 2. The number of likely N-dealkylation sites (N-methyl/N-ethyl adjacent to an activating group) is 1. The standard InChI is InChI=1S/C18H22N4O2/c1-13(23)16-7-8-17(20-16)18(24)19-14-3-5-15(6-4-14)22-11-9-21(2)10-12-22/h3-8,20H,9-12H2,1-2H3,(H,19,24). The first-order valence-corrected chi connectivity index (χ1v) is 8.08. The number of Topliss-reactive ketones (excluding diaryl/α,β-unsaturated/α-hetero) is 1. The number of aromatic nitrogens is 1. The molecule has 0 bridgehead atoms. The van der Waals surface area contributed by atoms with Crippen LogP contribution >= 0.6 is 0 Å². The minimum absolute atomic E-state index is 0.0921. The summed E-state index contributed by atoms with van der Waals surface area (Å²) in [6, 6.07) is 11.1. The summed E-state index contributed by atoms with van der Waals surface area (Å²) in [7, 11) is 2.13. The second kappa shape index (κ2) is 6.88. The first kappa shape index (κ1) is 16.3. The molecule has 0 atom stereocenters. The van der Waals surface area contributed by atoms with Gasteiger partial charge in [-0.3, -0.25) is 9.59 Å². The van der Waals surface area contributed by atoms with Crippen molar-refractivity contribution in [2.24, 2.45) is 0 Å². The number of carbonyl (C=O) groups excluding carboxylic acids is 2. The molecule has 1 fully saturated rings. The van der Waals surface area contributed by atoms with Gasteiger partial charge in [0.05, 0.1) is 5.69 Å². The Bertz CT molecular complexity index is 728. The monoisotopic (exact) mass is 326 g/mol. The molecule has 0 saturated carbocycles. The van der Waals surface area contributed by atoms with Crippen LogP contribution in [-0.4, -0.2) is 54.8 Å². The van der Waals surface area contributed by atoms with Crippen LogP contribution in [0.3, 0.4) is 0 Å². The van der Waals surface area contributed by atoms with Crippen LogP contribution in [0.2, 0.25) is 0 Å². The van der Waals surface area contributed by atoms with E-state index in [-0.39, 0.29) is 11.7 Å². The Balaban J connectivity index is 1.63. The summed E-state index contributed by atoms with van der Waals surface area (Å²) in [5.74, 6) is -0.347. The van der Waals surface area contributed by atoms with Crippen molar-refractivity contribution in [3.05, 3.63) is 47.8 Å². The average molecular weight is 326 g/mol. The average Bonchev–Trinajstić information content (AvgIpc) is 3.07. The third kappa shape index (κ3) is 3.65. The van der Waals surface area contributed by atoms with Gasteiger partial charge in [0.25, 0.3) is 5.91 Å². The normalized spacial score (nSPS) is 15.3. The van der Waals surface area contributed by atoms with Gasteiger partial charge in [-0.05, 0) is 43.4 Å². The van der Waals surface area contributed by atoms with Crippen molar-refractivity contribution in [1.82, 2.24) is 9.88 Å². The molecule has 2 aromatic rings. The van der Waals surface area contributed by atoms with Crippen molar-refractivity contribution in [1.29, 1.82) is 0 Å². The maximum Gasteiger partial charge on any atom is 0.272 e. The van der Waals surface area contributed by atoms with Crippen molar-refractivity contribution in [3.63, 3.8) is 0 Å². The minimum atomic E-state index is -0.255. The quantitative estimate of drug-likeness (QED) is 0.846. The zero-order chi connectivity index (χ0) is 17.1. The molecule has 2 N–H and O–H groups in total. The fraction of sp³-hybridized carbons (Fsp3) is 0.333. The summed E-state index contributed by atoms with van der Waals surface area (Å²) in [5.41, 5.74) is 2.71. The number of ketones is 1. The number of anilines is 2. The van der Waals surface area contributed by atoms with Gasteiger partial charge in [0.15, 0.2) is 5.78 Å². The summed E-state index contributed by atoms with van der Waals surface area (Å²) in [6.07, 6.45) is 0. The van der Waals surface area contributed by atoms with Gasteiger partial charge in [-0.1, -0.05) is 0 Å². The Labute approximate surface area is 141 Å². The van der Waals surface area contributed by atoms with Crippen LogP contribution in [0.4, 0.5) is 11.4 Å². The van der Waals surface area contributed by atoms with Crippen molar-refractivity contribution in [2.75, 3.05) is 43.4 Å². The van der Waals surface area contributed by atoms with Gasteiger partial charge in [0.2, 0.25) is 0 Å². The Morgan fingerprint density at radius 3 is 2.17 bits per heavy atom. The summed E-state index contributed by atoms with van der Waals surface area (Å²) < 4.78 is 0. The van der Waals surface area contributed by atoms with Crippen LogP contribution in [-0.2, 0) is 0 Å². The highest BCUT2D eigenvalue weighted by Gasteiger charge is 2.14. The zero-order valence-electron chi connectivity index (χ0n) is 14.0. The highest BCUT2D eigenvalue weighted by Crippen LogP contribution is 2.19. The van der Waals surface area contributed by atoms with Crippen LogP contribution in [0.25, 0.3) is 0 Å². The molecular formula is C18H22N4O2. The Morgan fingerprint density at radius 2 is 1.58 bits per heavy atom. The van der Waals surface area contributed by atoms with Crippen molar-refractivity contribution in [3.8, 4) is 0 Å². The van der Waals surface area contributed by atoms with Gasteiger partial charge in [-0.25, -0.2) is 0 Å². The lowest BCUT2D eigenvalue weighted by atomic mass is 10.2. The van der Waals surface area contributed by atoms with Gasteiger partial charge in [0.1, 0.15) is 5.69 Å². The summed E-state index contributed by atoms with van der Waals surface area (Å²) in [5, 5.41) is 2.84. The number of benzene rings is 1. The van der Waals surface area contributed by atoms with Crippen molar-refractivity contribution in [2.45, 2.75) is 6.92 Å². The maximum atomic E-state index is 12.2. The molecule has 6 heteroatoms. The largest absolute Gasteiger partial charge is 0.369 e. The first-order valence-electron chi connectivity index (χ1n) is 8.08. The lowest BCUT2D eigenvalue weighted by Crippen LogP contribution is -2.44. The number of nitrogens with zero attached hydrogens (tertiary/aromatic N) is 2. The molecule has 0 unspecified atom stereocenters. The number of hydrogen-bond acceptors (Lipinski definition) is 4. The number of piperazine rings is 1. The fourth-order valence-electron chi connectivity index (χ4n) is 2.75. The van der Waals surface area contributed by atoms with E-state index in [9.17, 15) is 9.59 Å². The molecular weight excluding hydrogens is 304 g/mol. The lowest BCUT2D eigenvalue weighted by molar-refractivity contribution is 0.101. The Morgan fingerprint density at radius 1 is 0.958 bits per heavy atom. The highest BCUT2D eigenvalue weighted by atomic mass is 16.2. The van der Waals surface area contributed by atoms with Crippen LogP contribution in [0, 0.1) is 0 Å². The van der Waals surface area contributed by atoms with E-state index in [0.717, 1.165) is 31.9 Å². The molecule has 126 valence electrons. The molecule has 1 aromatic heterocycles. The zero-order valence-corrected chi connectivity index (χ0v) is 14.0. The smallest absolute Gasteiger partial charge is 0.272 e. The summed E-state index contributed by atoms with van der Waals surface area (Å²) in [6.45, 7) is 5.61. The molecule has 1 aliphatic heterocycles. The SMILES string of the molecule is CC(=O)c1ccc(C(=O)Nc2ccc(N3CCN(C)CC3)cc2)[nH]1. The second-order valence-electron chi connectivity index (χ2n) is 6.13. The van der Waals surface area contributed by atoms with E-state index in [1.165, 1.54) is 12.6 Å². The molecule has 1 aliphatic rings. The molecule has 1 amide bonds. The number of aromatic amines is 1. The number of rotatable bonds is 4. The summed E-state index contributed by atoms with van der Waals surface area (Å²) in [4.78, 5) is 31.0. The van der Waals surface area contributed by atoms with Gasteiger partial charge in [0, 0.05) is 44.5 Å². The molecule has 0 aliphatic carbocycles. The van der Waals surface area contributed by atoms with E-state index in [0.29, 0.717) is 11.4 Å². The molecule has 1 saturated heterocycles. The minimum Gasteiger partial charge on any atom is -0.369 e. The van der Waals surface area contributed by atoms with Gasteiger partial charge in [-0.15, -0.1) is 0 Å².